The summed E-state index contributed by atoms with van der Waals surface area (Å²) >= 11 is 0. The van der Waals surface area contributed by atoms with Gasteiger partial charge in [0.2, 0.25) is 0 Å². The molecule has 0 spiro atoms. The van der Waals surface area contributed by atoms with Crippen molar-refractivity contribution < 1.29 is 16.8 Å². The first-order valence-corrected chi connectivity index (χ1v) is 4.21. The molecule has 1 radical (unpaired) electrons. The van der Waals surface area contributed by atoms with Crippen LogP contribution >= 0.6 is 0 Å². The normalized spacial score (nSPS) is 6.95. The smallest absolute Gasteiger partial charge is 0.134 e. The second-order valence-corrected chi connectivity index (χ2v) is 2.73. The Labute approximate surface area is 121 Å². The maximum absolute atomic E-state index is 4.84. The van der Waals surface area contributed by atoms with Crippen molar-refractivity contribution in [1.82, 2.24) is 0 Å². The largest absolute Gasteiger partial charge is 0.383 e. The Bertz CT molecular complexity index is 225. The van der Waals surface area contributed by atoms with Gasteiger partial charge in [-0.25, -0.2) is 0 Å². The van der Waals surface area contributed by atoms with Crippen LogP contribution in [0.15, 0.2) is 34.9 Å². The second-order valence-electron chi connectivity index (χ2n) is 2.73. The zero-order valence-corrected chi connectivity index (χ0v) is 11.3. The van der Waals surface area contributed by atoms with Crippen LogP contribution in [0.2, 0.25) is 0 Å². The molecule has 0 amide bonds. The summed E-state index contributed by atoms with van der Waals surface area (Å²) in [6, 6.07) is 0. The van der Waals surface area contributed by atoms with Gasteiger partial charge in [0.15, 0.2) is 0 Å². The molecule has 19 heavy (non-hydrogen) atoms. The third-order valence-electron chi connectivity index (χ3n) is 1.00. The molecule has 0 bridgehead atoms. The quantitative estimate of drug-likeness (QED) is 0.198. The Morgan fingerprint density at radius 3 is 0.316 bits per heavy atom. The van der Waals surface area contributed by atoms with Gasteiger partial charge in [-0.3, -0.25) is 0 Å². The van der Waals surface area contributed by atoms with Crippen molar-refractivity contribution in [3.63, 3.8) is 0 Å². The molecule has 24 N–H and O–H groups in total. The van der Waals surface area contributed by atoms with E-state index in [4.69, 9.17) is 68.8 Å². The summed E-state index contributed by atoms with van der Waals surface area (Å²) in [6.45, 7) is 0. The summed E-state index contributed by atoms with van der Waals surface area (Å²) in [7, 11) is 0. The van der Waals surface area contributed by atoms with Crippen LogP contribution in [-0.4, -0.2) is 0 Å². The minimum absolute atomic E-state index is 0. The Morgan fingerprint density at radius 1 is 0.263 bits per heavy atom. The molecule has 0 heterocycles. The topological polar surface area (TPSA) is 312 Å². The monoisotopic (exact) mass is 323 g/mol. The minimum Gasteiger partial charge on any atom is -0.383 e. The second kappa shape index (κ2) is 13.4. The first kappa shape index (κ1) is 25.2. The number of nitrogens with two attached hydrogens (primary N) is 12. The Kier molecular flexibility index (Phi) is 17.8. The molecule has 12 nitrogen and oxygen atoms in total. The van der Waals surface area contributed by atoms with Crippen LogP contribution in [0.5, 0.6) is 0 Å². The fourth-order valence-electron chi connectivity index (χ4n) is 0. The summed E-state index contributed by atoms with van der Waals surface area (Å²) < 4.78 is 0. The van der Waals surface area contributed by atoms with Crippen LogP contribution in [0, 0.1) is 0 Å². The van der Waals surface area contributed by atoms with Crippen molar-refractivity contribution in [3.05, 3.63) is 34.9 Å². The molecular formula is C6H24CoN12. The van der Waals surface area contributed by atoms with E-state index in [0.29, 0.717) is 0 Å². The van der Waals surface area contributed by atoms with Crippen molar-refractivity contribution in [2.45, 2.75) is 0 Å². The van der Waals surface area contributed by atoms with Crippen LogP contribution < -0.4 is 68.8 Å². The predicted octanol–water partition coefficient (Wildman–Crippen LogP) is -6.16. The van der Waals surface area contributed by atoms with Gasteiger partial charge in [-0.05, 0) is 0 Å². The molecule has 0 fully saturated rings. The van der Waals surface area contributed by atoms with E-state index < -0.39 is 0 Å². The summed E-state index contributed by atoms with van der Waals surface area (Å²) in [6.07, 6.45) is 0. The van der Waals surface area contributed by atoms with E-state index in [1.54, 1.807) is 0 Å². The van der Waals surface area contributed by atoms with E-state index in [1.807, 2.05) is 0 Å². The van der Waals surface area contributed by atoms with Crippen LogP contribution in [-0.2, 0) is 16.8 Å². The molecule has 13 heteroatoms. The number of hydrogen-bond acceptors (Lipinski definition) is 12. The molecule has 0 aromatic heterocycles. The molecule has 117 valence electrons. The maximum atomic E-state index is 4.84. The van der Waals surface area contributed by atoms with Crippen molar-refractivity contribution in [2.75, 3.05) is 0 Å². The van der Waals surface area contributed by atoms with Gasteiger partial charge in [0.25, 0.3) is 0 Å². The fourth-order valence-corrected chi connectivity index (χ4v) is 0. The van der Waals surface area contributed by atoms with Crippen molar-refractivity contribution in [1.29, 1.82) is 0 Å². The molecule has 0 aliphatic carbocycles. The van der Waals surface area contributed by atoms with E-state index in [-0.39, 0.29) is 51.7 Å². The molecule has 0 aliphatic rings. The predicted molar refractivity (Wildman–Crippen MR) is 71.3 cm³/mol. The van der Waals surface area contributed by atoms with Gasteiger partial charge in [-0.1, -0.05) is 0 Å². The van der Waals surface area contributed by atoms with Crippen LogP contribution in [0.25, 0.3) is 0 Å². The van der Waals surface area contributed by atoms with E-state index >= 15 is 0 Å². The Morgan fingerprint density at radius 2 is 0.316 bits per heavy atom. The fraction of sp³-hybridized carbons (Fsp3) is 0. The first-order valence-electron chi connectivity index (χ1n) is 4.21. The van der Waals surface area contributed by atoms with E-state index in [9.17, 15) is 0 Å². The van der Waals surface area contributed by atoms with Gasteiger partial charge in [0, 0.05) is 16.8 Å². The third-order valence-corrected chi connectivity index (χ3v) is 1.00. The van der Waals surface area contributed by atoms with Gasteiger partial charge >= 0.3 is 0 Å². The van der Waals surface area contributed by atoms with E-state index in [0.717, 1.165) is 0 Å². The van der Waals surface area contributed by atoms with Crippen molar-refractivity contribution in [2.24, 2.45) is 68.8 Å². The molecule has 0 aliphatic heterocycles. The zero-order valence-electron chi connectivity index (χ0n) is 10.3. The maximum Gasteiger partial charge on any atom is 0.134 e. The van der Waals surface area contributed by atoms with E-state index in [2.05, 4.69) is 0 Å². The van der Waals surface area contributed by atoms with Gasteiger partial charge < -0.3 is 68.8 Å². The van der Waals surface area contributed by atoms with Crippen LogP contribution in [0.4, 0.5) is 0 Å². The zero-order chi connectivity index (χ0) is 15.5. The Balaban J connectivity index is -0.0000000865. The number of rotatable bonds is 0. The average Bonchev–Trinajstić information content (AvgIpc) is 2.18. The van der Waals surface area contributed by atoms with Gasteiger partial charge in [0.05, 0.1) is 0 Å². The molecule has 0 saturated heterocycles. The molecule has 0 aromatic carbocycles. The summed E-state index contributed by atoms with van der Waals surface area (Å²) in [4.78, 5) is 0. The average molecular weight is 323 g/mol. The van der Waals surface area contributed by atoms with E-state index in [1.165, 1.54) is 0 Å². The molecule has 0 atom stereocenters. The Hall–Kier alpha value is -2.67. The third kappa shape index (κ3) is 31.3. The first-order chi connectivity index (χ1) is 7.93. The summed E-state index contributed by atoms with van der Waals surface area (Å²) in [5.41, 5.74) is 58.1. The molecule has 0 unspecified atom stereocenters. The van der Waals surface area contributed by atoms with Gasteiger partial charge in [-0.2, -0.15) is 0 Å². The molecule has 0 rings (SSSR count). The SMILES string of the molecule is NC(N)=C(N)N.NC(N)=C(N)N.NC(N)=C(N)N.[Co]. The van der Waals surface area contributed by atoms with Crippen molar-refractivity contribution >= 4 is 0 Å². The summed E-state index contributed by atoms with van der Waals surface area (Å²) in [5, 5.41) is 0. The number of hydrogen-bond donors (Lipinski definition) is 12. The van der Waals surface area contributed by atoms with Crippen LogP contribution in [0.1, 0.15) is 0 Å². The van der Waals surface area contributed by atoms with Crippen molar-refractivity contribution in [3.8, 4) is 0 Å². The van der Waals surface area contributed by atoms with Gasteiger partial charge in [0.1, 0.15) is 34.9 Å². The molecular weight excluding hydrogens is 299 g/mol. The summed E-state index contributed by atoms with van der Waals surface area (Å²) in [5.74, 6) is -0.111. The molecule has 0 aromatic rings. The van der Waals surface area contributed by atoms with Crippen LogP contribution in [0.3, 0.4) is 0 Å². The molecule has 0 saturated carbocycles. The standard InChI is InChI=1S/3C2H8N4.Co/c3*3-1(4)2(5)6;/h3*3-6H2;. The minimum atomic E-state index is -0.0185. The van der Waals surface area contributed by atoms with Gasteiger partial charge in [-0.15, -0.1) is 0 Å².